The van der Waals surface area contributed by atoms with Crippen LogP contribution in [0.5, 0.6) is 0 Å². The first-order chi connectivity index (χ1) is 9.58. The second-order valence-corrected chi connectivity index (χ2v) is 5.23. The van der Waals surface area contributed by atoms with Crippen LogP contribution in [0, 0.1) is 0 Å². The Morgan fingerprint density at radius 3 is 2.65 bits per heavy atom. The van der Waals surface area contributed by atoms with Crippen LogP contribution in [0.4, 0.5) is 5.69 Å². The van der Waals surface area contributed by atoms with Gasteiger partial charge in [0.2, 0.25) is 5.91 Å². The fourth-order valence-electron chi connectivity index (χ4n) is 2.94. The minimum absolute atomic E-state index is 0.130. The molecule has 108 valence electrons. The maximum Gasteiger partial charge on any atom is 0.249 e. The van der Waals surface area contributed by atoms with Crippen molar-refractivity contribution >= 4 is 17.9 Å². The average molecular weight is 276 g/mol. The van der Waals surface area contributed by atoms with Gasteiger partial charge < -0.3 is 21.0 Å². The lowest BCUT2D eigenvalue weighted by Gasteiger charge is -2.35. The Labute approximate surface area is 118 Å². The molecule has 1 aromatic rings. The van der Waals surface area contributed by atoms with E-state index in [1.54, 1.807) is 18.2 Å². The van der Waals surface area contributed by atoms with Gasteiger partial charge in [0.25, 0.3) is 0 Å². The van der Waals surface area contributed by atoms with Crippen molar-refractivity contribution in [3.8, 4) is 0 Å². The summed E-state index contributed by atoms with van der Waals surface area (Å²) in [6, 6.07) is 5.08. The molecule has 1 saturated carbocycles. The molecule has 1 amide bonds. The van der Waals surface area contributed by atoms with Crippen LogP contribution in [0.2, 0.25) is 0 Å². The molecule has 4 N–H and O–H groups in total. The first kappa shape index (κ1) is 14.5. The minimum Gasteiger partial charge on any atom is -0.385 e. The molecule has 5 heteroatoms. The van der Waals surface area contributed by atoms with Crippen LogP contribution in [0.1, 0.15) is 48.0 Å². The van der Waals surface area contributed by atoms with Gasteiger partial charge in [-0.3, -0.25) is 4.79 Å². The zero-order chi connectivity index (χ0) is 14.6. The van der Waals surface area contributed by atoms with Crippen molar-refractivity contribution < 1.29 is 14.7 Å². The highest BCUT2D eigenvalue weighted by atomic mass is 16.3. The van der Waals surface area contributed by atoms with Crippen LogP contribution >= 0.6 is 0 Å². The fraction of sp³-hybridized carbons (Fsp3) is 0.467. The number of hydrogen-bond donors (Lipinski definition) is 3. The number of anilines is 1. The first-order valence-electron chi connectivity index (χ1n) is 6.92. The third-order valence-corrected chi connectivity index (χ3v) is 3.85. The van der Waals surface area contributed by atoms with Crippen molar-refractivity contribution in [2.45, 2.75) is 37.7 Å². The maximum atomic E-state index is 11.6. The molecule has 0 radical (unpaired) electrons. The average Bonchev–Trinajstić information content (AvgIpc) is 2.45. The summed E-state index contributed by atoms with van der Waals surface area (Å²) in [6.07, 6.45) is 4.86. The monoisotopic (exact) mass is 276 g/mol. The van der Waals surface area contributed by atoms with Crippen LogP contribution in [0.15, 0.2) is 18.2 Å². The number of carbonyl (C=O) groups excluding carboxylic acids is 2. The van der Waals surface area contributed by atoms with E-state index in [1.165, 1.54) is 0 Å². The van der Waals surface area contributed by atoms with Gasteiger partial charge >= 0.3 is 0 Å². The molecule has 1 aromatic carbocycles. The zero-order valence-corrected chi connectivity index (χ0v) is 11.4. The number of aldehydes is 1. The standard InChI is InChI=1S/C15H20N2O3/c16-14(19)11-5-4-6-12(17-9-10-18)13(11)15(20)7-2-1-3-8-15/h4-6,10,17,20H,1-3,7-9H2,(H2,16,19). The number of nitrogens with two attached hydrogens (primary N) is 1. The predicted molar refractivity (Wildman–Crippen MR) is 76.5 cm³/mol. The second-order valence-electron chi connectivity index (χ2n) is 5.23. The quantitative estimate of drug-likeness (QED) is 0.711. The molecule has 1 fully saturated rings. The van der Waals surface area contributed by atoms with Crippen LogP contribution in [-0.4, -0.2) is 23.8 Å². The molecule has 0 spiro atoms. The Hall–Kier alpha value is -1.88. The van der Waals surface area contributed by atoms with E-state index in [1.807, 2.05) is 0 Å². The van der Waals surface area contributed by atoms with Crippen LogP contribution in [0.25, 0.3) is 0 Å². The summed E-state index contributed by atoms with van der Waals surface area (Å²) in [5.41, 5.74) is 5.85. The normalized spacial score (nSPS) is 17.4. The fourth-order valence-corrected chi connectivity index (χ4v) is 2.94. The Bertz CT molecular complexity index is 508. The summed E-state index contributed by atoms with van der Waals surface area (Å²) in [5, 5.41) is 13.9. The van der Waals surface area contributed by atoms with Gasteiger partial charge in [-0.25, -0.2) is 0 Å². The highest BCUT2D eigenvalue weighted by Gasteiger charge is 2.36. The van der Waals surface area contributed by atoms with E-state index in [9.17, 15) is 14.7 Å². The molecule has 0 atom stereocenters. The molecule has 20 heavy (non-hydrogen) atoms. The largest absolute Gasteiger partial charge is 0.385 e. The van der Waals surface area contributed by atoms with Gasteiger partial charge in [0.05, 0.1) is 12.1 Å². The summed E-state index contributed by atoms with van der Waals surface area (Å²) >= 11 is 0. The van der Waals surface area contributed by atoms with Gasteiger partial charge in [0, 0.05) is 16.8 Å². The molecule has 1 aliphatic carbocycles. The molecule has 0 saturated heterocycles. The van der Waals surface area contributed by atoms with Crippen molar-refractivity contribution in [3.05, 3.63) is 29.3 Å². The van der Waals surface area contributed by atoms with Crippen molar-refractivity contribution in [3.63, 3.8) is 0 Å². The highest BCUT2D eigenvalue weighted by molar-refractivity contribution is 5.96. The van der Waals surface area contributed by atoms with Gasteiger partial charge in [0.15, 0.2) is 0 Å². The second kappa shape index (κ2) is 6.05. The SMILES string of the molecule is NC(=O)c1cccc(NCC=O)c1C1(O)CCCCC1. The number of nitrogens with one attached hydrogen (secondary N) is 1. The van der Waals surface area contributed by atoms with E-state index in [0.29, 0.717) is 29.7 Å². The maximum absolute atomic E-state index is 11.6. The Kier molecular flexibility index (Phi) is 4.39. The number of primary amides is 1. The van der Waals surface area contributed by atoms with Crippen LogP contribution < -0.4 is 11.1 Å². The number of carbonyl (C=O) groups is 2. The molecule has 5 nitrogen and oxygen atoms in total. The van der Waals surface area contributed by atoms with Gasteiger partial charge in [-0.15, -0.1) is 0 Å². The number of benzene rings is 1. The van der Waals surface area contributed by atoms with E-state index in [2.05, 4.69) is 5.32 Å². The summed E-state index contributed by atoms with van der Waals surface area (Å²) in [6.45, 7) is 0.130. The third-order valence-electron chi connectivity index (χ3n) is 3.85. The van der Waals surface area contributed by atoms with E-state index in [-0.39, 0.29) is 6.54 Å². The van der Waals surface area contributed by atoms with E-state index < -0.39 is 11.5 Å². The molecule has 0 heterocycles. The van der Waals surface area contributed by atoms with Crippen molar-refractivity contribution in [1.29, 1.82) is 0 Å². The summed E-state index contributed by atoms with van der Waals surface area (Å²) < 4.78 is 0. The summed E-state index contributed by atoms with van der Waals surface area (Å²) in [5.74, 6) is -0.561. The lowest BCUT2D eigenvalue weighted by molar-refractivity contribution is -0.106. The molecule has 0 aliphatic heterocycles. The number of rotatable bonds is 5. The van der Waals surface area contributed by atoms with Crippen molar-refractivity contribution in [1.82, 2.24) is 0 Å². The third kappa shape index (κ3) is 2.82. The van der Waals surface area contributed by atoms with Crippen molar-refractivity contribution in [2.24, 2.45) is 5.73 Å². The van der Waals surface area contributed by atoms with E-state index in [0.717, 1.165) is 25.5 Å². The summed E-state index contributed by atoms with van der Waals surface area (Å²) in [4.78, 5) is 22.2. The molecular weight excluding hydrogens is 256 g/mol. The Balaban J connectivity index is 2.50. The molecule has 0 unspecified atom stereocenters. The van der Waals surface area contributed by atoms with Gasteiger partial charge in [-0.2, -0.15) is 0 Å². The van der Waals surface area contributed by atoms with Gasteiger partial charge in [-0.1, -0.05) is 25.3 Å². The van der Waals surface area contributed by atoms with Crippen LogP contribution in [0.3, 0.4) is 0 Å². The predicted octanol–water partition coefficient (Wildman–Crippen LogP) is 1.55. The van der Waals surface area contributed by atoms with Crippen LogP contribution in [-0.2, 0) is 10.4 Å². The van der Waals surface area contributed by atoms with Gasteiger partial charge in [-0.05, 0) is 25.0 Å². The summed E-state index contributed by atoms with van der Waals surface area (Å²) in [7, 11) is 0. The minimum atomic E-state index is -1.05. The molecule has 1 aliphatic rings. The lowest BCUT2D eigenvalue weighted by Crippen LogP contribution is -2.33. The lowest BCUT2D eigenvalue weighted by atomic mass is 9.77. The first-order valence-corrected chi connectivity index (χ1v) is 6.92. The van der Waals surface area contributed by atoms with Gasteiger partial charge in [0.1, 0.15) is 6.29 Å². The zero-order valence-electron chi connectivity index (χ0n) is 11.4. The van der Waals surface area contributed by atoms with E-state index in [4.69, 9.17) is 5.73 Å². The molecule has 0 bridgehead atoms. The molecule has 2 rings (SSSR count). The number of amides is 1. The smallest absolute Gasteiger partial charge is 0.249 e. The molecular formula is C15H20N2O3. The number of hydrogen-bond acceptors (Lipinski definition) is 4. The highest BCUT2D eigenvalue weighted by Crippen LogP contribution is 2.41. The van der Waals surface area contributed by atoms with Crippen molar-refractivity contribution in [2.75, 3.05) is 11.9 Å². The molecule has 0 aromatic heterocycles. The number of aliphatic hydroxyl groups is 1. The Morgan fingerprint density at radius 1 is 1.35 bits per heavy atom. The van der Waals surface area contributed by atoms with E-state index >= 15 is 0 Å². The Morgan fingerprint density at radius 2 is 2.05 bits per heavy atom. The topological polar surface area (TPSA) is 92.4 Å².